The molecular formula is C23H27N3O2. The highest BCUT2D eigenvalue weighted by Crippen LogP contribution is 2.35. The summed E-state index contributed by atoms with van der Waals surface area (Å²) in [6.45, 7) is 4.81. The van der Waals surface area contributed by atoms with Crippen molar-refractivity contribution in [2.75, 3.05) is 6.54 Å². The highest BCUT2D eigenvalue weighted by molar-refractivity contribution is 5.91. The second kappa shape index (κ2) is 8.17. The molecule has 0 aliphatic carbocycles. The number of ether oxygens (including phenoxy) is 1. The zero-order valence-electron chi connectivity index (χ0n) is 16.4. The van der Waals surface area contributed by atoms with Crippen molar-refractivity contribution in [2.45, 2.75) is 45.3 Å². The number of aromatic nitrogens is 2. The number of benzene rings is 1. The van der Waals surface area contributed by atoms with E-state index in [2.05, 4.69) is 53.2 Å². The van der Waals surface area contributed by atoms with Gasteiger partial charge in [-0.2, -0.15) is 0 Å². The maximum atomic E-state index is 10.3. The Morgan fingerprint density at radius 2 is 2.14 bits per heavy atom. The summed E-state index contributed by atoms with van der Waals surface area (Å²) in [5.74, 6) is 1.94. The number of allylic oxidation sites excluding steroid dienone is 1. The number of nitrogens with zero attached hydrogens (tertiary/aromatic N) is 2. The van der Waals surface area contributed by atoms with E-state index < -0.39 is 6.10 Å². The Labute approximate surface area is 165 Å². The van der Waals surface area contributed by atoms with E-state index in [9.17, 15) is 5.11 Å². The van der Waals surface area contributed by atoms with Crippen LogP contribution in [0, 0.1) is 0 Å². The van der Waals surface area contributed by atoms with Crippen molar-refractivity contribution in [3.8, 4) is 5.75 Å². The summed E-state index contributed by atoms with van der Waals surface area (Å²) >= 11 is 0. The number of hydrogen-bond donors (Lipinski definition) is 2. The van der Waals surface area contributed by atoms with Crippen LogP contribution in [0.25, 0.3) is 17.1 Å². The molecule has 0 fully saturated rings. The Kier molecular flexibility index (Phi) is 5.46. The van der Waals surface area contributed by atoms with Crippen molar-refractivity contribution < 1.29 is 9.84 Å². The zero-order valence-corrected chi connectivity index (χ0v) is 16.4. The summed E-state index contributed by atoms with van der Waals surface area (Å²) in [6, 6.07) is 10.2. The SMILES string of the molecule is CCCC1=Cn2cc(C[C@@H](C)NC[C@H](O)c3cccnc3)c3cccc(c32)O1. The molecule has 0 spiro atoms. The summed E-state index contributed by atoms with van der Waals surface area (Å²) in [4.78, 5) is 4.07. The minimum Gasteiger partial charge on any atom is -0.458 e. The number of rotatable bonds is 8. The number of nitrogens with one attached hydrogen (secondary N) is 1. The normalized spacial score (nSPS) is 15.2. The molecule has 0 bridgehead atoms. The summed E-state index contributed by atoms with van der Waals surface area (Å²) in [6.07, 6.45) is 10.1. The van der Waals surface area contributed by atoms with Crippen LogP contribution in [0.1, 0.15) is 43.9 Å². The number of hydrogen-bond acceptors (Lipinski definition) is 4. The van der Waals surface area contributed by atoms with Gasteiger partial charge in [0.2, 0.25) is 0 Å². The van der Waals surface area contributed by atoms with E-state index in [-0.39, 0.29) is 6.04 Å². The molecule has 4 rings (SSSR count). The predicted molar refractivity (Wildman–Crippen MR) is 112 cm³/mol. The van der Waals surface area contributed by atoms with Gasteiger partial charge in [0.05, 0.1) is 11.6 Å². The molecule has 0 unspecified atom stereocenters. The summed E-state index contributed by atoms with van der Waals surface area (Å²) in [7, 11) is 0. The Morgan fingerprint density at radius 1 is 1.25 bits per heavy atom. The van der Waals surface area contributed by atoms with Crippen LogP contribution in [-0.2, 0) is 6.42 Å². The molecular weight excluding hydrogens is 350 g/mol. The molecule has 5 nitrogen and oxygen atoms in total. The van der Waals surface area contributed by atoms with Crippen LogP contribution in [0.5, 0.6) is 5.75 Å². The Balaban J connectivity index is 1.48. The molecule has 5 heteroatoms. The van der Waals surface area contributed by atoms with Gasteiger partial charge >= 0.3 is 0 Å². The van der Waals surface area contributed by atoms with Gasteiger partial charge in [-0.15, -0.1) is 0 Å². The average Bonchev–Trinajstić information content (AvgIpc) is 3.06. The van der Waals surface area contributed by atoms with Crippen LogP contribution in [0.2, 0.25) is 0 Å². The van der Waals surface area contributed by atoms with Gasteiger partial charge < -0.3 is 19.7 Å². The molecule has 1 aliphatic rings. The van der Waals surface area contributed by atoms with E-state index in [0.717, 1.165) is 41.9 Å². The van der Waals surface area contributed by atoms with Crippen LogP contribution < -0.4 is 10.1 Å². The van der Waals surface area contributed by atoms with Gasteiger partial charge in [-0.25, -0.2) is 0 Å². The van der Waals surface area contributed by atoms with E-state index in [4.69, 9.17) is 4.74 Å². The van der Waals surface area contributed by atoms with Gasteiger partial charge in [-0.05, 0) is 37.5 Å². The van der Waals surface area contributed by atoms with Crippen LogP contribution in [0.15, 0.2) is 54.7 Å². The fraction of sp³-hybridized carbons (Fsp3) is 0.348. The average molecular weight is 377 g/mol. The van der Waals surface area contributed by atoms with Gasteiger partial charge in [0.1, 0.15) is 5.76 Å². The quantitative estimate of drug-likeness (QED) is 0.615. The first-order chi connectivity index (χ1) is 13.7. The van der Waals surface area contributed by atoms with Gasteiger partial charge in [0.25, 0.3) is 0 Å². The topological polar surface area (TPSA) is 59.3 Å². The second-order valence-electron chi connectivity index (χ2n) is 7.48. The maximum Gasteiger partial charge on any atom is 0.151 e. The van der Waals surface area contributed by atoms with Crippen LogP contribution >= 0.6 is 0 Å². The van der Waals surface area contributed by atoms with E-state index in [0.29, 0.717) is 6.54 Å². The molecule has 2 N–H and O–H groups in total. The van der Waals surface area contributed by atoms with Gasteiger partial charge in [-0.1, -0.05) is 25.1 Å². The smallest absolute Gasteiger partial charge is 0.151 e. The molecule has 3 aromatic rings. The zero-order chi connectivity index (χ0) is 19.5. The van der Waals surface area contributed by atoms with Crippen molar-refractivity contribution in [3.63, 3.8) is 0 Å². The Bertz CT molecular complexity index is 978. The molecule has 0 amide bonds. The van der Waals surface area contributed by atoms with Gasteiger partial charge in [0, 0.05) is 54.7 Å². The maximum absolute atomic E-state index is 10.3. The number of aliphatic hydroxyl groups excluding tert-OH is 1. The molecule has 1 aromatic carbocycles. The van der Waals surface area contributed by atoms with E-state index in [1.165, 1.54) is 10.9 Å². The lowest BCUT2D eigenvalue weighted by atomic mass is 10.1. The third kappa shape index (κ3) is 3.81. The van der Waals surface area contributed by atoms with Crippen molar-refractivity contribution in [1.82, 2.24) is 14.9 Å². The first-order valence-corrected chi connectivity index (χ1v) is 9.98. The van der Waals surface area contributed by atoms with Crippen molar-refractivity contribution in [1.29, 1.82) is 0 Å². The lowest BCUT2D eigenvalue weighted by molar-refractivity contribution is 0.170. The molecule has 0 radical (unpaired) electrons. The van der Waals surface area contributed by atoms with Crippen LogP contribution in [0.3, 0.4) is 0 Å². The van der Waals surface area contributed by atoms with E-state index in [1.54, 1.807) is 12.4 Å². The lowest BCUT2D eigenvalue weighted by Gasteiger charge is -2.17. The van der Waals surface area contributed by atoms with Crippen molar-refractivity contribution in [3.05, 3.63) is 65.8 Å². The minimum atomic E-state index is -0.556. The first kappa shape index (κ1) is 18.7. The molecule has 2 aromatic heterocycles. The molecule has 0 saturated carbocycles. The monoisotopic (exact) mass is 377 g/mol. The molecule has 146 valence electrons. The summed E-state index contributed by atoms with van der Waals surface area (Å²) in [5, 5.41) is 15.0. The first-order valence-electron chi connectivity index (χ1n) is 9.98. The lowest BCUT2D eigenvalue weighted by Crippen LogP contribution is -2.32. The highest BCUT2D eigenvalue weighted by atomic mass is 16.5. The third-order valence-electron chi connectivity index (χ3n) is 5.17. The minimum absolute atomic E-state index is 0.231. The molecule has 0 saturated heterocycles. The largest absolute Gasteiger partial charge is 0.458 e. The fourth-order valence-electron chi connectivity index (χ4n) is 3.79. The highest BCUT2D eigenvalue weighted by Gasteiger charge is 2.19. The van der Waals surface area contributed by atoms with E-state index in [1.807, 2.05) is 18.2 Å². The summed E-state index contributed by atoms with van der Waals surface area (Å²) in [5.41, 5.74) is 3.25. The van der Waals surface area contributed by atoms with Gasteiger partial charge in [0.15, 0.2) is 5.75 Å². The number of para-hydroxylation sites is 1. The predicted octanol–water partition coefficient (Wildman–Crippen LogP) is 4.28. The third-order valence-corrected chi connectivity index (χ3v) is 5.17. The summed E-state index contributed by atoms with van der Waals surface area (Å²) < 4.78 is 8.28. The molecule has 28 heavy (non-hydrogen) atoms. The van der Waals surface area contributed by atoms with Crippen LogP contribution in [0.4, 0.5) is 0 Å². The fourth-order valence-corrected chi connectivity index (χ4v) is 3.79. The molecule has 2 atom stereocenters. The molecule has 1 aliphatic heterocycles. The van der Waals surface area contributed by atoms with Crippen LogP contribution in [-0.4, -0.2) is 27.2 Å². The van der Waals surface area contributed by atoms with E-state index >= 15 is 0 Å². The van der Waals surface area contributed by atoms with Crippen molar-refractivity contribution >= 4 is 17.1 Å². The standard InChI is InChI=1S/C23H27N3O2/c1-3-6-19-15-26-14-18(20-8-4-9-22(28-19)23(20)26)11-16(2)25-13-21(27)17-7-5-10-24-12-17/h4-5,7-10,12,14-16,21,25,27H,3,6,11,13H2,1-2H3/t16-,21+/m1/s1. The number of aliphatic hydroxyl groups is 1. The Hall–Kier alpha value is -2.63. The van der Waals surface area contributed by atoms with Crippen molar-refractivity contribution in [2.24, 2.45) is 0 Å². The second-order valence-corrected chi connectivity index (χ2v) is 7.48. The Morgan fingerprint density at radius 3 is 2.93 bits per heavy atom. The number of pyridine rings is 1. The molecule has 3 heterocycles. The van der Waals surface area contributed by atoms with Gasteiger partial charge in [-0.3, -0.25) is 4.98 Å².